The Morgan fingerprint density at radius 2 is 1.70 bits per heavy atom. The van der Waals surface area contributed by atoms with Crippen molar-refractivity contribution < 1.29 is 24.3 Å². The lowest BCUT2D eigenvalue weighted by molar-refractivity contribution is -0.138. The fraction of sp³-hybridized carbons (Fsp3) is 0.692. The van der Waals surface area contributed by atoms with Gasteiger partial charge in [0.25, 0.3) is 0 Å². The van der Waals surface area contributed by atoms with Gasteiger partial charge in [-0.15, -0.1) is 0 Å². The average molecular weight is 348 g/mol. The van der Waals surface area contributed by atoms with Crippen LogP contribution in [0.4, 0.5) is 0 Å². The number of rotatable bonds is 10. The molecule has 0 aliphatic carbocycles. The van der Waals surface area contributed by atoms with Crippen LogP contribution in [0.2, 0.25) is 0 Å². The van der Waals surface area contributed by atoms with Gasteiger partial charge in [0.15, 0.2) is 0 Å². The summed E-state index contributed by atoms with van der Waals surface area (Å²) in [6, 6.07) is -2.49. The van der Waals surface area contributed by atoms with E-state index < -0.39 is 48.4 Å². The molecule has 6 N–H and O–H groups in total. The Kier molecular flexibility index (Phi) is 9.99. The van der Waals surface area contributed by atoms with Crippen LogP contribution in [0.3, 0.4) is 0 Å². The second-order valence-electron chi connectivity index (χ2n) is 4.97. The summed E-state index contributed by atoms with van der Waals surface area (Å²) < 4.78 is 0. The third kappa shape index (κ3) is 9.04. The predicted octanol–water partition coefficient (Wildman–Crippen LogP) is -1.72. The Morgan fingerprint density at radius 1 is 1.09 bits per heavy atom. The van der Waals surface area contributed by atoms with Crippen LogP contribution in [0.25, 0.3) is 0 Å². The lowest BCUT2D eigenvalue weighted by Gasteiger charge is -2.21. The zero-order valence-corrected chi connectivity index (χ0v) is 14.2. The SMILES string of the molecule is CSCCC(NC(=O)C(C)N)C(=O)NC(C)C(=O)NCC(=O)O. The summed E-state index contributed by atoms with van der Waals surface area (Å²) in [5.74, 6) is -2.15. The highest BCUT2D eigenvalue weighted by atomic mass is 32.2. The number of amides is 3. The van der Waals surface area contributed by atoms with Gasteiger partial charge < -0.3 is 26.8 Å². The van der Waals surface area contributed by atoms with Gasteiger partial charge in [-0.25, -0.2) is 0 Å². The number of thioether (sulfide) groups is 1. The van der Waals surface area contributed by atoms with Crippen molar-refractivity contribution in [3.05, 3.63) is 0 Å². The minimum absolute atomic E-state index is 0.384. The van der Waals surface area contributed by atoms with Gasteiger partial charge in [0.05, 0.1) is 6.04 Å². The fourth-order valence-electron chi connectivity index (χ4n) is 1.50. The van der Waals surface area contributed by atoms with Crippen LogP contribution in [-0.4, -0.2) is 65.5 Å². The Hall–Kier alpha value is -1.81. The van der Waals surface area contributed by atoms with Gasteiger partial charge in [0.2, 0.25) is 17.7 Å². The number of nitrogens with one attached hydrogen (secondary N) is 3. The van der Waals surface area contributed by atoms with Crippen molar-refractivity contribution >= 4 is 35.5 Å². The Labute approximate surface area is 139 Å². The highest BCUT2D eigenvalue weighted by molar-refractivity contribution is 7.98. The summed E-state index contributed by atoms with van der Waals surface area (Å²) in [4.78, 5) is 45.9. The summed E-state index contributed by atoms with van der Waals surface area (Å²) in [6.45, 7) is 2.39. The first kappa shape index (κ1) is 21.2. The molecular formula is C13H24N4O5S. The van der Waals surface area contributed by atoms with Crippen LogP contribution in [0.1, 0.15) is 20.3 Å². The Balaban J connectivity index is 4.64. The van der Waals surface area contributed by atoms with Crippen molar-refractivity contribution in [3.8, 4) is 0 Å². The first-order valence-electron chi connectivity index (χ1n) is 7.03. The van der Waals surface area contributed by atoms with Gasteiger partial charge in [-0.05, 0) is 32.3 Å². The molecule has 3 atom stereocenters. The van der Waals surface area contributed by atoms with Crippen molar-refractivity contribution in [1.29, 1.82) is 0 Å². The number of nitrogens with two attached hydrogens (primary N) is 1. The number of carbonyl (C=O) groups is 4. The standard InChI is InChI=1S/C13H24N4O5S/c1-7(14)11(20)17-9(4-5-23-3)13(22)16-8(2)12(21)15-6-10(18)19/h7-9H,4-6,14H2,1-3H3,(H,15,21)(H,16,22)(H,17,20)(H,18,19). The second-order valence-corrected chi connectivity index (χ2v) is 5.96. The van der Waals surface area contributed by atoms with Crippen LogP contribution >= 0.6 is 11.8 Å². The molecule has 3 unspecified atom stereocenters. The van der Waals surface area contributed by atoms with Crippen molar-refractivity contribution in [3.63, 3.8) is 0 Å². The molecular weight excluding hydrogens is 324 g/mol. The van der Waals surface area contributed by atoms with Gasteiger partial charge in [-0.2, -0.15) is 11.8 Å². The molecule has 0 fully saturated rings. The van der Waals surface area contributed by atoms with Crippen LogP contribution in [0, 0.1) is 0 Å². The number of carbonyl (C=O) groups excluding carboxylic acids is 3. The smallest absolute Gasteiger partial charge is 0.322 e. The normalized spacial score (nSPS) is 14.3. The molecule has 9 nitrogen and oxygen atoms in total. The minimum atomic E-state index is -1.18. The molecule has 0 aromatic carbocycles. The summed E-state index contributed by atoms with van der Waals surface area (Å²) in [7, 11) is 0. The molecule has 0 saturated heterocycles. The van der Waals surface area contributed by atoms with E-state index in [-0.39, 0.29) is 0 Å². The molecule has 0 aliphatic rings. The molecule has 0 bridgehead atoms. The third-order valence-electron chi connectivity index (χ3n) is 2.82. The van der Waals surface area contributed by atoms with Crippen LogP contribution < -0.4 is 21.7 Å². The fourth-order valence-corrected chi connectivity index (χ4v) is 1.97. The van der Waals surface area contributed by atoms with Crippen LogP contribution in [0.5, 0.6) is 0 Å². The van der Waals surface area contributed by atoms with Gasteiger partial charge >= 0.3 is 5.97 Å². The largest absolute Gasteiger partial charge is 0.480 e. The molecule has 0 heterocycles. The Morgan fingerprint density at radius 3 is 2.17 bits per heavy atom. The van der Waals surface area contributed by atoms with E-state index in [0.717, 1.165) is 0 Å². The highest BCUT2D eigenvalue weighted by Gasteiger charge is 2.25. The second kappa shape index (κ2) is 10.8. The lowest BCUT2D eigenvalue weighted by atomic mass is 10.1. The zero-order valence-electron chi connectivity index (χ0n) is 13.4. The maximum Gasteiger partial charge on any atom is 0.322 e. The molecule has 23 heavy (non-hydrogen) atoms. The van der Waals surface area contributed by atoms with Gasteiger partial charge in [-0.3, -0.25) is 19.2 Å². The van der Waals surface area contributed by atoms with E-state index in [1.54, 1.807) is 0 Å². The van der Waals surface area contributed by atoms with Crippen molar-refractivity contribution in [2.75, 3.05) is 18.6 Å². The van der Waals surface area contributed by atoms with Crippen molar-refractivity contribution in [2.24, 2.45) is 5.73 Å². The van der Waals surface area contributed by atoms with E-state index in [1.165, 1.54) is 25.6 Å². The Bertz CT molecular complexity index is 444. The monoisotopic (exact) mass is 348 g/mol. The topological polar surface area (TPSA) is 151 Å². The van der Waals surface area contributed by atoms with Crippen LogP contribution in [-0.2, 0) is 19.2 Å². The lowest BCUT2D eigenvalue weighted by Crippen LogP contribution is -2.55. The van der Waals surface area contributed by atoms with E-state index in [0.29, 0.717) is 12.2 Å². The molecule has 0 aromatic rings. The molecule has 3 amide bonds. The molecule has 132 valence electrons. The number of carboxylic acid groups (broad SMARTS) is 1. The first-order chi connectivity index (χ1) is 10.7. The van der Waals surface area contributed by atoms with E-state index in [9.17, 15) is 19.2 Å². The van der Waals surface area contributed by atoms with E-state index in [2.05, 4.69) is 16.0 Å². The molecule has 0 aliphatic heterocycles. The number of hydrogen-bond donors (Lipinski definition) is 5. The van der Waals surface area contributed by atoms with E-state index in [4.69, 9.17) is 10.8 Å². The van der Waals surface area contributed by atoms with Crippen LogP contribution in [0.15, 0.2) is 0 Å². The molecule has 0 spiro atoms. The maximum absolute atomic E-state index is 12.2. The predicted molar refractivity (Wildman–Crippen MR) is 86.8 cm³/mol. The van der Waals surface area contributed by atoms with Gasteiger partial charge in [0.1, 0.15) is 18.6 Å². The quantitative estimate of drug-likeness (QED) is 0.315. The highest BCUT2D eigenvalue weighted by Crippen LogP contribution is 2.02. The maximum atomic E-state index is 12.2. The summed E-state index contributed by atoms with van der Waals surface area (Å²) in [5, 5.41) is 15.6. The first-order valence-corrected chi connectivity index (χ1v) is 8.43. The number of aliphatic carboxylic acids is 1. The molecule has 0 saturated carbocycles. The summed E-state index contributed by atoms with van der Waals surface area (Å²) >= 11 is 1.51. The molecule has 10 heteroatoms. The molecule has 0 radical (unpaired) electrons. The van der Waals surface area contributed by atoms with E-state index in [1.807, 2.05) is 6.26 Å². The van der Waals surface area contributed by atoms with E-state index >= 15 is 0 Å². The molecule has 0 rings (SSSR count). The van der Waals surface area contributed by atoms with Crippen molar-refractivity contribution in [1.82, 2.24) is 16.0 Å². The molecule has 0 aromatic heterocycles. The number of carboxylic acids is 1. The van der Waals surface area contributed by atoms with Gasteiger partial charge in [-0.1, -0.05) is 0 Å². The summed E-state index contributed by atoms with van der Waals surface area (Å²) in [6.07, 6.45) is 2.25. The summed E-state index contributed by atoms with van der Waals surface area (Å²) in [5.41, 5.74) is 5.46. The minimum Gasteiger partial charge on any atom is -0.480 e. The average Bonchev–Trinajstić information content (AvgIpc) is 2.48. The zero-order chi connectivity index (χ0) is 18.0. The van der Waals surface area contributed by atoms with Gasteiger partial charge in [0, 0.05) is 0 Å². The van der Waals surface area contributed by atoms with Crippen molar-refractivity contribution in [2.45, 2.75) is 38.4 Å². The number of hydrogen-bond acceptors (Lipinski definition) is 6. The third-order valence-corrected chi connectivity index (χ3v) is 3.47.